The predicted molar refractivity (Wildman–Crippen MR) is 70.1 cm³/mol. The van der Waals surface area contributed by atoms with Gasteiger partial charge in [-0.3, -0.25) is 4.79 Å². The molecule has 92 valence electrons. The zero-order valence-corrected chi connectivity index (χ0v) is 12.2. The van der Waals surface area contributed by atoms with E-state index in [1.54, 1.807) is 0 Å². The van der Waals surface area contributed by atoms with Crippen molar-refractivity contribution in [3.05, 3.63) is 12.2 Å². The van der Waals surface area contributed by atoms with Gasteiger partial charge < -0.3 is 4.43 Å². The van der Waals surface area contributed by atoms with E-state index in [-0.39, 0.29) is 11.1 Å². The van der Waals surface area contributed by atoms with Crippen LogP contribution < -0.4 is 0 Å². The molecular formula is C13H24O2Si. The van der Waals surface area contributed by atoms with Crippen LogP contribution in [-0.2, 0) is 9.22 Å². The minimum absolute atomic E-state index is 0.0258. The molecular weight excluding hydrogens is 216 g/mol. The fourth-order valence-corrected chi connectivity index (χ4v) is 2.89. The molecule has 0 aliphatic heterocycles. The predicted octanol–water partition coefficient (Wildman–Crippen LogP) is 3.69. The van der Waals surface area contributed by atoms with Crippen molar-refractivity contribution < 1.29 is 9.22 Å². The summed E-state index contributed by atoms with van der Waals surface area (Å²) in [5.74, 6) is 0.316. The molecule has 16 heavy (non-hydrogen) atoms. The Hall–Kier alpha value is -0.413. The van der Waals surface area contributed by atoms with E-state index in [0.29, 0.717) is 18.6 Å². The number of rotatable bonds is 2. The van der Waals surface area contributed by atoms with E-state index in [1.165, 1.54) is 0 Å². The molecule has 0 aromatic carbocycles. The van der Waals surface area contributed by atoms with Gasteiger partial charge in [0.05, 0.1) is 6.10 Å². The second-order valence-electron chi connectivity index (χ2n) is 6.27. The molecule has 0 saturated heterocycles. The lowest BCUT2D eigenvalue weighted by Crippen LogP contribution is -2.45. The summed E-state index contributed by atoms with van der Waals surface area (Å²) in [6, 6.07) is 0. The molecule has 1 rings (SSSR count). The van der Waals surface area contributed by atoms with Gasteiger partial charge in [-0.15, -0.1) is 0 Å². The molecule has 0 amide bonds. The van der Waals surface area contributed by atoms with Crippen LogP contribution in [0, 0.1) is 0 Å². The first kappa shape index (κ1) is 13.7. The lowest BCUT2D eigenvalue weighted by Gasteiger charge is -2.40. The van der Waals surface area contributed by atoms with Crippen LogP contribution in [0.2, 0.25) is 18.1 Å². The van der Waals surface area contributed by atoms with E-state index < -0.39 is 8.32 Å². The van der Waals surface area contributed by atoms with Crippen molar-refractivity contribution in [3.63, 3.8) is 0 Å². The first-order chi connectivity index (χ1) is 7.13. The fraction of sp³-hybridized carbons (Fsp3) is 0.769. The zero-order chi connectivity index (χ0) is 12.6. The third kappa shape index (κ3) is 3.05. The maximum Gasteiger partial charge on any atom is 0.192 e. The van der Waals surface area contributed by atoms with Gasteiger partial charge in [-0.05, 0) is 30.1 Å². The summed E-state index contributed by atoms with van der Waals surface area (Å²) in [4.78, 5) is 11.4. The summed E-state index contributed by atoms with van der Waals surface area (Å²) in [6.07, 6.45) is 1.96. The molecule has 1 atom stereocenters. The van der Waals surface area contributed by atoms with Gasteiger partial charge in [-0.2, -0.15) is 0 Å². The summed E-state index contributed by atoms with van der Waals surface area (Å²) in [7, 11) is -1.78. The van der Waals surface area contributed by atoms with Gasteiger partial charge in [0.25, 0.3) is 0 Å². The summed E-state index contributed by atoms with van der Waals surface area (Å²) < 4.78 is 6.24. The number of carbonyl (C=O) groups is 1. The van der Waals surface area contributed by atoms with Crippen LogP contribution in [0.5, 0.6) is 0 Å². The molecule has 0 spiro atoms. The lowest BCUT2D eigenvalue weighted by molar-refractivity contribution is -0.121. The number of Topliss-reactive ketones (excluding diaryl/α,β-unsaturated/α-hetero) is 1. The van der Waals surface area contributed by atoms with E-state index in [0.717, 1.165) is 12.0 Å². The van der Waals surface area contributed by atoms with Crippen molar-refractivity contribution >= 4 is 14.1 Å². The van der Waals surface area contributed by atoms with E-state index in [9.17, 15) is 4.79 Å². The summed E-state index contributed by atoms with van der Waals surface area (Å²) in [5, 5.41) is 0.188. The topological polar surface area (TPSA) is 26.3 Å². The number of hydrogen-bond donors (Lipinski definition) is 0. The van der Waals surface area contributed by atoms with Crippen molar-refractivity contribution in [1.29, 1.82) is 0 Å². The largest absolute Gasteiger partial charge is 0.410 e. The Labute approximate surface area is 100 Å². The summed E-state index contributed by atoms with van der Waals surface area (Å²) >= 11 is 0. The van der Waals surface area contributed by atoms with E-state index >= 15 is 0 Å². The highest BCUT2D eigenvalue weighted by atomic mass is 28.4. The highest BCUT2D eigenvalue weighted by Crippen LogP contribution is 2.39. The van der Waals surface area contributed by atoms with Gasteiger partial charge in [0.1, 0.15) is 5.78 Å². The van der Waals surface area contributed by atoms with Crippen molar-refractivity contribution in [1.82, 2.24) is 0 Å². The molecule has 0 N–H and O–H groups in total. The van der Waals surface area contributed by atoms with E-state index in [2.05, 4.69) is 40.4 Å². The van der Waals surface area contributed by atoms with Crippen LogP contribution in [0.1, 0.15) is 40.0 Å². The van der Waals surface area contributed by atoms with Crippen molar-refractivity contribution in [3.8, 4) is 0 Å². The van der Waals surface area contributed by atoms with Crippen molar-refractivity contribution in [2.45, 2.75) is 64.3 Å². The highest BCUT2D eigenvalue weighted by Gasteiger charge is 2.40. The molecule has 0 radical (unpaired) electrons. The minimum atomic E-state index is -1.78. The highest BCUT2D eigenvalue weighted by molar-refractivity contribution is 6.74. The van der Waals surface area contributed by atoms with Crippen LogP contribution in [0.25, 0.3) is 0 Å². The smallest absolute Gasteiger partial charge is 0.192 e. The van der Waals surface area contributed by atoms with E-state index in [4.69, 9.17) is 4.43 Å². The standard InChI is InChI=1S/C13H24O2Si/c1-10-7-8-11(14)9-12(10)15-16(5,6)13(2,3)4/h12H,1,7-9H2,2-6H3. The molecule has 1 unspecified atom stereocenters. The van der Waals surface area contributed by atoms with E-state index in [1.807, 2.05) is 0 Å². The maximum atomic E-state index is 11.4. The molecule has 1 fully saturated rings. The Morgan fingerprint density at radius 1 is 1.31 bits per heavy atom. The maximum absolute atomic E-state index is 11.4. The molecule has 0 aromatic heterocycles. The van der Waals surface area contributed by atoms with Gasteiger partial charge in [0.2, 0.25) is 0 Å². The first-order valence-corrected chi connectivity index (χ1v) is 8.91. The molecule has 1 aliphatic carbocycles. The number of ketones is 1. The Balaban J connectivity index is 2.72. The quantitative estimate of drug-likeness (QED) is 0.543. The second-order valence-corrected chi connectivity index (χ2v) is 11.0. The molecule has 3 heteroatoms. The minimum Gasteiger partial charge on any atom is -0.410 e. The van der Waals surface area contributed by atoms with Crippen LogP contribution in [0.15, 0.2) is 12.2 Å². The third-order valence-corrected chi connectivity index (χ3v) is 8.32. The molecule has 1 aliphatic rings. The third-order valence-electron chi connectivity index (χ3n) is 3.84. The Morgan fingerprint density at radius 2 is 1.88 bits per heavy atom. The van der Waals surface area contributed by atoms with Gasteiger partial charge in [0.15, 0.2) is 8.32 Å². The van der Waals surface area contributed by atoms with Gasteiger partial charge in [-0.25, -0.2) is 0 Å². The second kappa shape index (κ2) is 4.45. The van der Waals surface area contributed by atoms with Crippen LogP contribution in [0.3, 0.4) is 0 Å². The van der Waals surface area contributed by atoms with Crippen LogP contribution in [0.4, 0.5) is 0 Å². The zero-order valence-electron chi connectivity index (χ0n) is 11.2. The molecule has 1 saturated carbocycles. The summed E-state index contributed by atoms with van der Waals surface area (Å²) in [6.45, 7) is 15.1. The lowest BCUT2D eigenvalue weighted by atomic mass is 9.92. The van der Waals surface area contributed by atoms with Gasteiger partial charge in [0, 0.05) is 12.8 Å². The molecule has 0 heterocycles. The average molecular weight is 240 g/mol. The molecule has 0 bridgehead atoms. The SMILES string of the molecule is C=C1CCC(=O)CC1O[Si](C)(C)C(C)(C)C. The monoisotopic (exact) mass is 240 g/mol. The molecule has 2 nitrogen and oxygen atoms in total. The van der Waals surface area contributed by atoms with Gasteiger partial charge in [-0.1, -0.05) is 27.4 Å². The van der Waals surface area contributed by atoms with Crippen LogP contribution >= 0.6 is 0 Å². The summed E-state index contributed by atoms with van der Waals surface area (Å²) in [5.41, 5.74) is 1.10. The number of hydrogen-bond acceptors (Lipinski definition) is 2. The molecule has 0 aromatic rings. The normalized spacial score (nSPS) is 23.7. The van der Waals surface area contributed by atoms with Gasteiger partial charge >= 0.3 is 0 Å². The first-order valence-electron chi connectivity index (χ1n) is 6.01. The van der Waals surface area contributed by atoms with Crippen molar-refractivity contribution in [2.75, 3.05) is 0 Å². The Kier molecular flexibility index (Phi) is 3.80. The van der Waals surface area contributed by atoms with Crippen LogP contribution in [-0.4, -0.2) is 20.2 Å². The number of carbonyl (C=O) groups excluding carboxylic acids is 1. The van der Waals surface area contributed by atoms with Crippen molar-refractivity contribution in [2.24, 2.45) is 0 Å². The Bertz CT molecular complexity index is 300. The fourth-order valence-electron chi connectivity index (χ4n) is 1.57. The Morgan fingerprint density at radius 3 is 2.38 bits per heavy atom. The average Bonchev–Trinajstić information content (AvgIpc) is 2.09.